The molecule has 0 fully saturated rings. The Morgan fingerprint density at radius 2 is 2.00 bits per heavy atom. The van der Waals surface area contributed by atoms with Crippen LogP contribution in [-0.2, 0) is 4.74 Å². The van der Waals surface area contributed by atoms with Crippen molar-refractivity contribution in [1.82, 2.24) is 4.98 Å². The number of ether oxygens (including phenoxy) is 2. The van der Waals surface area contributed by atoms with Gasteiger partial charge in [-0.25, -0.2) is 4.79 Å². The Kier molecular flexibility index (Phi) is 5.14. The molecule has 0 aliphatic heterocycles. The normalized spacial score (nSPS) is 10.4. The van der Waals surface area contributed by atoms with E-state index < -0.39 is 5.97 Å². The molecule has 0 bridgehead atoms. The van der Waals surface area contributed by atoms with Gasteiger partial charge in [-0.15, -0.1) is 0 Å². The van der Waals surface area contributed by atoms with Crippen LogP contribution < -0.4 is 4.74 Å². The number of carbonyl (C=O) groups excluding carboxylic acids is 1. The van der Waals surface area contributed by atoms with E-state index in [4.69, 9.17) is 39.5 Å². The number of hydrogen-bond acceptors (Lipinski definition) is 5. The van der Waals surface area contributed by atoms with Crippen molar-refractivity contribution in [3.63, 3.8) is 0 Å². The largest absolute Gasteiger partial charge is 0.465 e. The van der Waals surface area contributed by atoms with Crippen LogP contribution >= 0.6 is 62.1 Å². The molecule has 9 heteroatoms. The number of halogens is 4. The number of benzene rings is 1. The van der Waals surface area contributed by atoms with Gasteiger partial charge in [-0.2, -0.15) is 4.98 Å². The summed E-state index contributed by atoms with van der Waals surface area (Å²) in [4.78, 5) is 15.5. The predicted octanol–water partition coefficient (Wildman–Crippen LogP) is 5.44. The number of methoxy groups -OCH3 is 1. The lowest BCUT2D eigenvalue weighted by Crippen LogP contribution is -1.98. The minimum absolute atomic E-state index is 0.0104. The minimum Gasteiger partial charge on any atom is -0.465 e. The highest BCUT2D eigenvalue weighted by molar-refractivity contribution is 9.10. The fourth-order valence-electron chi connectivity index (χ4n) is 1.22. The van der Waals surface area contributed by atoms with E-state index in [0.717, 1.165) is 11.3 Å². The van der Waals surface area contributed by atoms with Crippen molar-refractivity contribution in [1.29, 1.82) is 0 Å². The Labute approximate surface area is 141 Å². The van der Waals surface area contributed by atoms with E-state index in [1.807, 2.05) is 0 Å². The molecular weight excluding hydrogens is 412 g/mol. The summed E-state index contributed by atoms with van der Waals surface area (Å²) >= 11 is 22.0. The SMILES string of the molecule is COC(=O)c1sc(Oc2cc(Cl)c(Br)cc2Cl)nc1Cl. The van der Waals surface area contributed by atoms with Crippen LogP contribution in [0.2, 0.25) is 15.2 Å². The first-order chi connectivity index (χ1) is 9.42. The second-order valence-corrected chi connectivity index (χ2v) is 6.38. The van der Waals surface area contributed by atoms with Crippen LogP contribution in [0.5, 0.6) is 10.9 Å². The van der Waals surface area contributed by atoms with Gasteiger partial charge in [0.25, 0.3) is 5.19 Å². The van der Waals surface area contributed by atoms with E-state index in [9.17, 15) is 4.79 Å². The van der Waals surface area contributed by atoms with Crippen LogP contribution in [0, 0.1) is 0 Å². The van der Waals surface area contributed by atoms with Crippen molar-refractivity contribution in [2.75, 3.05) is 7.11 Å². The number of rotatable bonds is 3. The molecule has 0 aliphatic carbocycles. The van der Waals surface area contributed by atoms with Crippen LogP contribution in [0.15, 0.2) is 16.6 Å². The van der Waals surface area contributed by atoms with Gasteiger partial charge in [0.2, 0.25) is 0 Å². The van der Waals surface area contributed by atoms with E-state index in [0.29, 0.717) is 20.3 Å². The first kappa shape index (κ1) is 15.9. The summed E-state index contributed by atoms with van der Waals surface area (Å²) in [5, 5.41) is 0.944. The zero-order valence-corrected chi connectivity index (χ0v) is 14.4. The van der Waals surface area contributed by atoms with Crippen molar-refractivity contribution >= 4 is 68.0 Å². The Bertz CT molecular complexity index is 677. The molecule has 0 unspecified atom stereocenters. The number of hydrogen-bond donors (Lipinski definition) is 0. The molecule has 0 aliphatic rings. The summed E-state index contributed by atoms with van der Waals surface area (Å²) in [6, 6.07) is 3.12. The molecule has 20 heavy (non-hydrogen) atoms. The maximum absolute atomic E-state index is 11.4. The predicted molar refractivity (Wildman–Crippen MR) is 82.7 cm³/mol. The van der Waals surface area contributed by atoms with Crippen LogP contribution in [0.25, 0.3) is 0 Å². The molecule has 0 saturated carbocycles. The summed E-state index contributed by atoms with van der Waals surface area (Å²) in [6.07, 6.45) is 0. The molecule has 0 saturated heterocycles. The second kappa shape index (κ2) is 6.49. The van der Waals surface area contributed by atoms with Crippen molar-refractivity contribution in [3.05, 3.63) is 36.7 Å². The van der Waals surface area contributed by atoms with Gasteiger partial charge in [-0.1, -0.05) is 46.1 Å². The van der Waals surface area contributed by atoms with Gasteiger partial charge in [0, 0.05) is 10.5 Å². The van der Waals surface area contributed by atoms with Gasteiger partial charge in [0.05, 0.1) is 17.2 Å². The number of nitrogens with zero attached hydrogens (tertiary/aromatic N) is 1. The van der Waals surface area contributed by atoms with Crippen molar-refractivity contribution < 1.29 is 14.3 Å². The van der Waals surface area contributed by atoms with E-state index in [-0.39, 0.29) is 15.2 Å². The van der Waals surface area contributed by atoms with Crippen molar-refractivity contribution in [2.45, 2.75) is 0 Å². The highest BCUT2D eigenvalue weighted by Crippen LogP contribution is 2.39. The third kappa shape index (κ3) is 3.38. The quantitative estimate of drug-likeness (QED) is 0.493. The smallest absolute Gasteiger partial charge is 0.351 e. The molecule has 0 radical (unpaired) electrons. The molecule has 1 aromatic carbocycles. The van der Waals surface area contributed by atoms with Gasteiger partial charge >= 0.3 is 5.97 Å². The lowest BCUT2D eigenvalue weighted by molar-refractivity contribution is 0.0606. The van der Waals surface area contributed by atoms with E-state index in [2.05, 4.69) is 25.7 Å². The fraction of sp³-hybridized carbons (Fsp3) is 0.0909. The highest BCUT2D eigenvalue weighted by atomic mass is 79.9. The molecule has 2 aromatic rings. The summed E-state index contributed by atoms with van der Waals surface area (Å²) in [7, 11) is 1.25. The third-order valence-corrected chi connectivity index (χ3v) is 4.90. The Hall–Kier alpha value is -0.530. The molecule has 0 N–H and O–H groups in total. The maximum atomic E-state index is 11.4. The zero-order chi connectivity index (χ0) is 14.9. The molecule has 1 aromatic heterocycles. The molecule has 1 heterocycles. The third-order valence-electron chi connectivity index (χ3n) is 2.11. The lowest BCUT2D eigenvalue weighted by atomic mass is 10.3. The number of esters is 1. The number of aromatic nitrogens is 1. The Morgan fingerprint density at radius 3 is 2.65 bits per heavy atom. The van der Waals surface area contributed by atoms with Gasteiger partial charge in [-0.3, -0.25) is 0 Å². The first-order valence-corrected chi connectivity index (χ1v) is 7.73. The van der Waals surface area contributed by atoms with E-state index >= 15 is 0 Å². The van der Waals surface area contributed by atoms with Gasteiger partial charge < -0.3 is 9.47 Å². The van der Waals surface area contributed by atoms with Gasteiger partial charge in [-0.05, 0) is 22.0 Å². The Morgan fingerprint density at radius 1 is 1.30 bits per heavy atom. The second-order valence-electron chi connectivity index (χ2n) is 3.39. The van der Waals surface area contributed by atoms with Gasteiger partial charge in [0.1, 0.15) is 0 Å². The molecule has 106 valence electrons. The Balaban J connectivity index is 2.31. The molecular formula is C11H5BrCl3NO3S. The topological polar surface area (TPSA) is 48.4 Å². The summed E-state index contributed by atoms with van der Waals surface area (Å²) in [5.74, 6) is -0.274. The van der Waals surface area contributed by atoms with E-state index in [1.165, 1.54) is 13.2 Å². The molecule has 4 nitrogen and oxygen atoms in total. The maximum Gasteiger partial charge on any atom is 0.351 e. The molecule has 0 atom stereocenters. The average molecular weight is 417 g/mol. The summed E-state index contributed by atoms with van der Waals surface area (Å²) in [6.45, 7) is 0. The highest BCUT2D eigenvalue weighted by Gasteiger charge is 2.19. The summed E-state index contributed by atoms with van der Waals surface area (Å²) < 4.78 is 10.7. The van der Waals surface area contributed by atoms with Crippen molar-refractivity contribution in [2.24, 2.45) is 0 Å². The van der Waals surface area contributed by atoms with Crippen molar-refractivity contribution in [3.8, 4) is 10.9 Å². The standard InChI is InChI=1S/C11H5BrCl3NO3S/c1-18-10(17)8-9(15)16-11(20-8)19-7-3-5(13)4(12)2-6(7)14/h2-3H,1H3. The number of thiazole rings is 1. The minimum atomic E-state index is -0.581. The van der Waals surface area contributed by atoms with Crippen LogP contribution in [0.3, 0.4) is 0 Å². The molecule has 2 rings (SSSR count). The van der Waals surface area contributed by atoms with E-state index in [1.54, 1.807) is 6.07 Å². The fourth-order valence-corrected chi connectivity index (χ4v) is 3.11. The van der Waals surface area contributed by atoms with Crippen LogP contribution in [0.1, 0.15) is 9.67 Å². The monoisotopic (exact) mass is 415 g/mol. The first-order valence-electron chi connectivity index (χ1n) is 4.99. The zero-order valence-electron chi connectivity index (χ0n) is 9.75. The molecule has 0 spiro atoms. The van der Waals surface area contributed by atoms with Crippen LogP contribution in [-0.4, -0.2) is 18.1 Å². The summed E-state index contributed by atoms with van der Waals surface area (Å²) in [5.41, 5.74) is 0. The molecule has 0 amide bonds. The van der Waals surface area contributed by atoms with Gasteiger partial charge in [0.15, 0.2) is 15.8 Å². The van der Waals surface area contributed by atoms with Crippen LogP contribution in [0.4, 0.5) is 0 Å². The average Bonchev–Trinajstić information content (AvgIpc) is 2.76. The lowest BCUT2D eigenvalue weighted by Gasteiger charge is -2.05. The number of carbonyl (C=O) groups is 1.